The number of benzene rings is 1. The molecule has 1 aliphatic heterocycles. The molecule has 0 saturated heterocycles. The lowest BCUT2D eigenvalue weighted by molar-refractivity contribution is -0.0368. The monoisotopic (exact) mass is 446 g/mol. The molecule has 1 aromatic carbocycles. The van der Waals surface area contributed by atoms with Crippen molar-refractivity contribution in [1.29, 1.82) is 0 Å². The van der Waals surface area contributed by atoms with Crippen LogP contribution >= 0.6 is 15.9 Å². The van der Waals surface area contributed by atoms with Crippen LogP contribution in [0.25, 0.3) is 5.70 Å². The summed E-state index contributed by atoms with van der Waals surface area (Å²) < 4.78 is 34.7. The third kappa shape index (κ3) is 3.77. The summed E-state index contributed by atoms with van der Waals surface area (Å²) in [6.07, 6.45) is -0.236. The Labute approximate surface area is 165 Å². The van der Waals surface area contributed by atoms with Gasteiger partial charge in [0.1, 0.15) is 17.9 Å². The molecule has 26 heavy (non-hydrogen) atoms. The summed E-state index contributed by atoms with van der Waals surface area (Å²) >= 11 is 2.95. The highest BCUT2D eigenvalue weighted by atomic mass is 79.9. The van der Waals surface area contributed by atoms with Gasteiger partial charge in [-0.15, -0.1) is 0 Å². The maximum absolute atomic E-state index is 14.1. The summed E-state index contributed by atoms with van der Waals surface area (Å²) in [6.45, 7) is 15.7. The molecule has 146 valence electrons. The highest BCUT2D eigenvalue weighted by molar-refractivity contribution is 9.10. The minimum Gasteiger partial charge on any atom is -0.397 e. The molecular weight excluding hydrogens is 418 g/mol. The largest absolute Gasteiger partial charge is 0.397 e. The smallest absolute Gasteiger partial charge is 0.194 e. The summed E-state index contributed by atoms with van der Waals surface area (Å²) in [5, 5.41) is 4.13. The van der Waals surface area contributed by atoms with Crippen molar-refractivity contribution in [2.45, 2.75) is 59.0 Å². The van der Waals surface area contributed by atoms with E-state index in [1.54, 1.807) is 0 Å². The first kappa shape index (κ1) is 21.5. The Balaban J connectivity index is 2.52. The van der Waals surface area contributed by atoms with Gasteiger partial charge in [0.15, 0.2) is 8.32 Å². The molecule has 0 aliphatic carbocycles. The topological polar surface area (TPSA) is 15.7 Å². The fourth-order valence-corrected chi connectivity index (χ4v) is 4.43. The van der Waals surface area contributed by atoms with E-state index in [1.807, 2.05) is 30.9 Å². The van der Waals surface area contributed by atoms with Crippen LogP contribution in [0.4, 0.5) is 8.78 Å². The van der Waals surface area contributed by atoms with Crippen molar-refractivity contribution in [2.75, 3.05) is 13.6 Å². The Morgan fingerprint density at radius 3 is 2.12 bits per heavy atom. The van der Waals surface area contributed by atoms with Gasteiger partial charge < -0.3 is 9.43 Å². The van der Waals surface area contributed by atoms with Crippen molar-refractivity contribution >= 4 is 29.9 Å². The first-order valence-corrected chi connectivity index (χ1v) is 12.6. The molecule has 1 aromatic rings. The van der Waals surface area contributed by atoms with Crippen molar-refractivity contribution in [1.82, 2.24) is 10.0 Å². The molecule has 0 aromatic heterocycles. The predicted octanol–water partition coefficient (Wildman–Crippen LogP) is 5.99. The van der Waals surface area contributed by atoms with Crippen LogP contribution in [0.15, 0.2) is 22.2 Å². The highest BCUT2D eigenvalue weighted by Crippen LogP contribution is 2.42. The lowest BCUT2D eigenvalue weighted by Gasteiger charge is -2.41. The number of rotatable bonds is 4. The molecule has 2 rings (SSSR count). The Hall–Kier alpha value is -0.763. The van der Waals surface area contributed by atoms with Gasteiger partial charge in [-0.1, -0.05) is 20.8 Å². The van der Waals surface area contributed by atoms with Crippen molar-refractivity contribution in [3.05, 3.63) is 39.4 Å². The first-order valence-electron chi connectivity index (χ1n) is 8.85. The Kier molecular flexibility index (Phi) is 6.08. The average molecular weight is 447 g/mol. The van der Waals surface area contributed by atoms with Crippen LogP contribution in [0.3, 0.4) is 0 Å². The second-order valence-electron chi connectivity index (χ2n) is 8.31. The standard InChI is InChI=1S/C19H29BrF2N2OSi/c1-9-24-17(13-10-14(21)16(20)15(22)11-13)12(2)18(23(24)6)25-26(7,8)19(3,4)5/h10-11,18H,9H2,1-8H3. The molecule has 0 amide bonds. The Morgan fingerprint density at radius 1 is 1.19 bits per heavy atom. The third-order valence-electron chi connectivity index (χ3n) is 5.49. The van der Waals surface area contributed by atoms with Crippen LogP contribution in [0.2, 0.25) is 18.1 Å². The van der Waals surface area contributed by atoms with Crippen molar-refractivity contribution in [3.8, 4) is 0 Å². The molecule has 1 aliphatic rings. The maximum atomic E-state index is 14.1. The number of hydrogen-bond donors (Lipinski definition) is 0. The Morgan fingerprint density at radius 2 is 1.69 bits per heavy atom. The van der Waals surface area contributed by atoms with Crippen LogP contribution < -0.4 is 0 Å². The second-order valence-corrected chi connectivity index (χ2v) is 13.9. The van der Waals surface area contributed by atoms with E-state index < -0.39 is 20.0 Å². The molecule has 7 heteroatoms. The zero-order valence-electron chi connectivity index (χ0n) is 16.9. The second kappa shape index (κ2) is 7.34. The van der Waals surface area contributed by atoms with Gasteiger partial charge in [-0.2, -0.15) is 5.01 Å². The molecule has 1 atom stereocenters. The van der Waals surface area contributed by atoms with Crippen molar-refractivity contribution < 1.29 is 13.2 Å². The van der Waals surface area contributed by atoms with E-state index in [2.05, 4.69) is 49.8 Å². The summed E-state index contributed by atoms with van der Waals surface area (Å²) in [5.41, 5.74) is 2.31. The highest BCUT2D eigenvalue weighted by Gasteiger charge is 2.44. The van der Waals surface area contributed by atoms with Crippen molar-refractivity contribution in [2.24, 2.45) is 0 Å². The Bertz CT molecular complexity index is 708. The van der Waals surface area contributed by atoms with E-state index in [-0.39, 0.29) is 15.7 Å². The predicted molar refractivity (Wildman–Crippen MR) is 109 cm³/mol. The van der Waals surface area contributed by atoms with Gasteiger partial charge in [-0.05, 0) is 65.6 Å². The molecule has 0 fully saturated rings. The molecule has 3 nitrogen and oxygen atoms in total. The minimum atomic E-state index is -2.02. The van der Waals surface area contributed by atoms with E-state index in [1.165, 1.54) is 12.1 Å². The number of nitrogens with zero attached hydrogens (tertiary/aromatic N) is 2. The summed E-state index contributed by atoms with van der Waals surface area (Å²) in [4.78, 5) is 0. The van der Waals surface area contributed by atoms with Gasteiger partial charge in [0.2, 0.25) is 0 Å². The van der Waals surface area contributed by atoms with Gasteiger partial charge >= 0.3 is 0 Å². The van der Waals surface area contributed by atoms with Gasteiger partial charge in [0, 0.05) is 19.2 Å². The van der Waals surface area contributed by atoms with E-state index in [0.717, 1.165) is 11.3 Å². The number of likely N-dealkylation sites (N-methyl/N-ethyl adjacent to an activating group) is 1. The fourth-order valence-electron chi connectivity index (χ4n) is 2.96. The summed E-state index contributed by atoms with van der Waals surface area (Å²) in [6, 6.07) is 2.74. The first-order chi connectivity index (χ1) is 11.8. The van der Waals surface area contributed by atoms with E-state index in [4.69, 9.17) is 4.43 Å². The third-order valence-corrected chi connectivity index (χ3v) is 10.7. The van der Waals surface area contributed by atoms with E-state index in [0.29, 0.717) is 12.1 Å². The maximum Gasteiger partial charge on any atom is 0.194 e. The molecule has 0 saturated carbocycles. The molecule has 0 radical (unpaired) electrons. The van der Waals surface area contributed by atoms with Crippen LogP contribution in [0.1, 0.15) is 40.2 Å². The van der Waals surface area contributed by atoms with Crippen molar-refractivity contribution in [3.63, 3.8) is 0 Å². The molecule has 0 N–H and O–H groups in total. The van der Waals surface area contributed by atoms with Crippen LogP contribution in [0.5, 0.6) is 0 Å². The molecule has 1 unspecified atom stereocenters. The fraction of sp³-hybridized carbons (Fsp3) is 0.579. The van der Waals surface area contributed by atoms with Crippen LogP contribution in [-0.4, -0.2) is 38.2 Å². The van der Waals surface area contributed by atoms with Crippen LogP contribution in [0, 0.1) is 11.6 Å². The zero-order chi connectivity index (χ0) is 20.0. The normalized spacial score (nSPS) is 19.7. The molecular formula is C19H29BrF2N2OSi. The van der Waals surface area contributed by atoms with Gasteiger partial charge in [-0.25, -0.2) is 8.78 Å². The lowest BCUT2D eigenvalue weighted by atomic mass is 10.1. The molecule has 0 spiro atoms. The minimum absolute atomic E-state index is 0.0732. The zero-order valence-corrected chi connectivity index (χ0v) is 19.5. The number of halogens is 3. The molecule has 1 heterocycles. The quantitative estimate of drug-likeness (QED) is 0.417. The van der Waals surface area contributed by atoms with Gasteiger partial charge in [0.25, 0.3) is 0 Å². The van der Waals surface area contributed by atoms with Gasteiger partial charge in [0.05, 0.1) is 10.2 Å². The SMILES string of the molecule is CCN1C(c2cc(F)c(Br)c(F)c2)=C(C)C(O[Si](C)(C)C(C)(C)C)N1C. The lowest BCUT2D eigenvalue weighted by Crippen LogP contribution is -2.49. The van der Waals surface area contributed by atoms with Crippen LogP contribution in [-0.2, 0) is 4.43 Å². The van der Waals surface area contributed by atoms with E-state index >= 15 is 0 Å². The summed E-state index contributed by atoms with van der Waals surface area (Å²) in [7, 11) is -0.0537. The summed E-state index contributed by atoms with van der Waals surface area (Å²) in [5.74, 6) is -1.21. The number of hydrogen-bond acceptors (Lipinski definition) is 3. The average Bonchev–Trinajstić information content (AvgIpc) is 2.74. The van der Waals surface area contributed by atoms with E-state index in [9.17, 15) is 8.78 Å². The number of hydrazine groups is 1. The van der Waals surface area contributed by atoms with Gasteiger partial charge in [-0.3, -0.25) is 0 Å². The molecule has 0 bridgehead atoms.